The fraction of sp³-hybridized carbons (Fsp3) is 0.370. The van der Waals surface area contributed by atoms with Gasteiger partial charge in [-0.25, -0.2) is 0 Å². The molecule has 31 heavy (non-hydrogen) atoms. The Morgan fingerprint density at radius 2 is 1.52 bits per heavy atom. The minimum absolute atomic E-state index is 0.150. The van der Waals surface area contributed by atoms with Crippen LogP contribution in [0.2, 0.25) is 0 Å². The second-order valence-electron chi connectivity index (χ2n) is 7.32. The van der Waals surface area contributed by atoms with E-state index in [1.165, 1.54) is 0 Å². The van der Waals surface area contributed by atoms with E-state index < -0.39 is 6.10 Å². The van der Waals surface area contributed by atoms with Crippen molar-refractivity contribution in [3.8, 4) is 0 Å². The predicted octanol–water partition coefficient (Wildman–Crippen LogP) is 5.67. The number of rotatable bonds is 16. The molecule has 0 saturated heterocycles. The summed E-state index contributed by atoms with van der Waals surface area (Å²) in [6.45, 7) is 7.45. The first-order valence-corrected chi connectivity index (χ1v) is 10.9. The van der Waals surface area contributed by atoms with E-state index in [4.69, 9.17) is 14.2 Å². The third kappa shape index (κ3) is 9.88. The minimum atomic E-state index is -0.511. The molecule has 2 rings (SSSR count). The fourth-order valence-corrected chi connectivity index (χ4v) is 3.20. The summed E-state index contributed by atoms with van der Waals surface area (Å²) in [4.78, 5) is 11.6. The Hall–Kier alpha value is -2.53. The molecule has 2 aromatic rings. The van der Waals surface area contributed by atoms with Crippen LogP contribution in [0.15, 0.2) is 85.5 Å². The highest BCUT2D eigenvalue weighted by atomic mass is 16.5. The van der Waals surface area contributed by atoms with Crippen molar-refractivity contribution in [1.29, 1.82) is 0 Å². The second-order valence-corrected chi connectivity index (χ2v) is 7.32. The lowest BCUT2D eigenvalue weighted by atomic mass is 10.1. The van der Waals surface area contributed by atoms with Gasteiger partial charge in [0.1, 0.15) is 12.4 Å². The maximum atomic E-state index is 11.6. The first-order chi connectivity index (χ1) is 15.3. The van der Waals surface area contributed by atoms with Gasteiger partial charge in [-0.3, -0.25) is 0 Å². The van der Waals surface area contributed by atoms with Gasteiger partial charge in [0, 0.05) is 0 Å². The van der Waals surface area contributed by atoms with Crippen molar-refractivity contribution in [2.75, 3.05) is 6.61 Å². The summed E-state index contributed by atoms with van der Waals surface area (Å²) in [6, 6.07) is 20.1. The van der Waals surface area contributed by atoms with Crippen LogP contribution < -0.4 is 0 Å². The predicted molar refractivity (Wildman–Crippen MR) is 125 cm³/mol. The van der Waals surface area contributed by atoms with E-state index in [-0.39, 0.29) is 12.2 Å². The van der Waals surface area contributed by atoms with Gasteiger partial charge in [-0.2, -0.15) is 0 Å². The Morgan fingerprint density at radius 3 is 2.10 bits per heavy atom. The van der Waals surface area contributed by atoms with Crippen molar-refractivity contribution >= 4 is 6.29 Å². The van der Waals surface area contributed by atoms with Crippen LogP contribution in [-0.4, -0.2) is 31.2 Å². The number of carbonyl (C=O) groups excluding carboxylic acids is 1. The molecular weight excluding hydrogens is 388 g/mol. The van der Waals surface area contributed by atoms with Gasteiger partial charge in [-0.05, 0) is 30.4 Å². The molecule has 4 heteroatoms. The molecule has 2 aromatic carbocycles. The summed E-state index contributed by atoms with van der Waals surface area (Å²) in [6.07, 6.45) is 7.64. The molecule has 0 unspecified atom stereocenters. The molecule has 3 atom stereocenters. The van der Waals surface area contributed by atoms with Crippen LogP contribution in [-0.2, 0) is 32.2 Å². The van der Waals surface area contributed by atoms with Gasteiger partial charge in [0.25, 0.3) is 0 Å². The van der Waals surface area contributed by atoms with Crippen LogP contribution in [0.3, 0.4) is 0 Å². The lowest BCUT2D eigenvalue weighted by Gasteiger charge is -2.28. The van der Waals surface area contributed by atoms with Gasteiger partial charge in [0.2, 0.25) is 0 Å². The Labute approximate surface area is 186 Å². The molecule has 0 amide bonds. The van der Waals surface area contributed by atoms with Crippen LogP contribution in [0, 0.1) is 0 Å². The standard InChI is InChI=1S/C27H34O4/c1-3-13-27(30-22-24-16-9-6-10-17-24)26(4-2)31-25(20-28)18-11-12-19-29-21-23-14-7-5-8-15-23/h3,5-12,14-17,20,25-27H,1,4,13,18-19,21-22H2,2H3/b12-11+/t25-,26+,27+/m0/s1. The zero-order valence-corrected chi connectivity index (χ0v) is 18.4. The lowest BCUT2D eigenvalue weighted by molar-refractivity contribution is -0.133. The third-order valence-electron chi connectivity index (χ3n) is 4.88. The number of benzene rings is 2. The van der Waals surface area contributed by atoms with Crippen molar-refractivity contribution in [2.45, 2.75) is 57.7 Å². The van der Waals surface area contributed by atoms with Crippen LogP contribution in [0.5, 0.6) is 0 Å². The number of ether oxygens (including phenoxy) is 3. The van der Waals surface area contributed by atoms with Gasteiger partial charge in [-0.1, -0.05) is 85.8 Å². The smallest absolute Gasteiger partial charge is 0.149 e. The van der Waals surface area contributed by atoms with Gasteiger partial charge in [-0.15, -0.1) is 6.58 Å². The molecule has 0 radical (unpaired) electrons. The van der Waals surface area contributed by atoms with Gasteiger partial charge >= 0.3 is 0 Å². The highest BCUT2D eigenvalue weighted by molar-refractivity contribution is 5.56. The normalized spacial score (nSPS) is 14.2. The van der Waals surface area contributed by atoms with Crippen molar-refractivity contribution < 1.29 is 19.0 Å². The topological polar surface area (TPSA) is 44.8 Å². The molecular formula is C27H34O4. The molecule has 166 valence electrons. The maximum Gasteiger partial charge on any atom is 0.149 e. The van der Waals surface area contributed by atoms with E-state index in [0.717, 1.165) is 23.8 Å². The molecule has 0 aliphatic heterocycles. The highest BCUT2D eigenvalue weighted by Crippen LogP contribution is 2.18. The van der Waals surface area contributed by atoms with Crippen LogP contribution in [0.4, 0.5) is 0 Å². The van der Waals surface area contributed by atoms with E-state index >= 15 is 0 Å². The summed E-state index contributed by atoms with van der Waals surface area (Å²) in [5.74, 6) is 0. The number of hydrogen-bond acceptors (Lipinski definition) is 4. The monoisotopic (exact) mass is 422 g/mol. The van der Waals surface area contributed by atoms with Crippen LogP contribution in [0.1, 0.15) is 37.3 Å². The van der Waals surface area contributed by atoms with Gasteiger partial charge < -0.3 is 19.0 Å². The Morgan fingerprint density at radius 1 is 0.871 bits per heavy atom. The van der Waals surface area contributed by atoms with Crippen LogP contribution in [0.25, 0.3) is 0 Å². The summed E-state index contributed by atoms with van der Waals surface area (Å²) >= 11 is 0. The number of hydrogen-bond donors (Lipinski definition) is 0. The second kappa shape index (κ2) is 15.3. The Bertz CT molecular complexity index is 757. The van der Waals surface area contributed by atoms with Crippen molar-refractivity contribution in [3.05, 3.63) is 96.6 Å². The molecule has 0 heterocycles. The van der Waals surface area contributed by atoms with E-state index in [0.29, 0.717) is 32.7 Å². The largest absolute Gasteiger partial charge is 0.373 e. The molecule has 0 aliphatic carbocycles. The molecule has 0 saturated carbocycles. The molecule has 0 N–H and O–H groups in total. The quantitative estimate of drug-likeness (QED) is 0.198. The van der Waals surface area contributed by atoms with Crippen molar-refractivity contribution in [1.82, 2.24) is 0 Å². The first kappa shape index (κ1) is 24.7. The zero-order valence-electron chi connectivity index (χ0n) is 18.4. The number of carbonyl (C=O) groups is 1. The molecule has 0 aromatic heterocycles. The van der Waals surface area contributed by atoms with Gasteiger partial charge in [0.15, 0.2) is 0 Å². The Balaban J connectivity index is 1.78. The average molecular weight is 423 g/mol. The SMILES string of the molecule is C=CC[C@@H](OCc1ccccc1)[C@@H](CC)O[C@H](C=O)C/C=C/COCc1ccccc1. The van der Waals surface area contributed by atoms with Crippen molar-refractivity contribution in [2.24, 2.45) is 0 Å². The number of aldehydes is 1. The van der Waals surface area contributed by atoms with Crippen molar-refractivity contribution in [3.63, 3.8) is 0 Å². The molecule has 0 aliphatic rings. The van der Waals surface area contributed by atoms with Gasteiger partial charge in [0.05, 0.1) is 32.0 Å². The zero-order chi connectivity index (χ0) is 22.2. The van der Waals surface area contributed by atoms with Crippen LogP contribution >= 0.6 is 0 Å². The first-order valence-electron chi connectivity index (χ1n) is 10.9. The molecule has 4 nitrogen and oxygen atoms in total. The third-order valence-corrected chi connectivity index (χ3v) is 4.88. The maximum absolute atomic E-state index is 11.6. The van der Waals surface area contributed by atoms with E-state index in [9.17, 15) is 4.79 Å². The van der Waals surface area contributed by atoms with E-state index in [1.54, 1.807) is 0 Å². The summed E-state index contributed by atoms with van der Waals surface area (Å²) < 4.78 is 17.8. The fourth-order valence-electron chi connectivity index (χ4n) is 3.20. The summed E-state index contributed by atoms with van der Waals surface area (Å²) in [5, 5.41) is 0. The highest BCUT2D eigenvalue weighted by Gasteiger charge is 2.23. The average Bonchev–Trinajstić information content (AvgIpc) is 2.82. The summed E-state index contributed by atoms with van der Waals surface area (Å²) in [7, 11) is 0. The molecule has 0 spiro atoms. The van der Waals surface area contributed by atoms with E-state index in [1.807, 2.05) is 85.8 Å². The lowest BCUT2D eigenvalue weighted by Crippen LogP contribution is -2.34. The van der Waals surface area contributed by atoms with E-state index in [2.05, 4.69) is 6.58 Å². The minimum Gasteiger partial charge on any atom is -0.373 e. The molecule has 0 bridgehead atoms. The summed E-state index contributed by atoms with van der Waals surface area (Å²) in [5.41, 5.74) is 2.25. The molecule has 0 fully saturated rings. The Kier molecular flexibility index (Phi) is 12.2.